The number of methoxy groups -OCH3 is 2. The van der Waals surface area contributed by atoms with Crippen LogP contribution in [0, 0.1) is 0 Å². The fourth-order valence-electron chi connectivity index (χ4n) is 3.30. The van der Waals surface area contributed by atoms with E-state index in [1.165, 1.54) is 0 Å². The highest BCUT2D eigenvalue weighted by Crippen LogP contribution is 2.38. The highest BCUT2D eigenvalue weighted by molar-refractivity contribution is 7.22. The van der Waals surface area contributed by atoms with Crippen molar-refractivity contribution in [2.75, 3.05) is 51.9 Å². The molecule has 1 fully saturated rings. The smallest absolute Gasteiger partial charge is 0.260 e. The Labute approximate surface area is 183 Å². The number of carbonyl (C=O) groups excluding carboxylic acids is 1. The number of benzene rings is 2. The highest BCUT2D eigenvalue weighted by atomic mass is 35.5. The van der Waals surface area contributed by atoms with Crippen molar-refractivity contribution < 1.29 is 19.0 Å². The van der Waals surface area contributed by atoms with Gasteiger partial charge in [0, 0.05) is 26.2 Å². The Morgan fingerprint density at radius 1 is 1.03 bits per heavy atom. The summed E-state index contributed by atoms with van der Waals surface area (Å²) in [5.74, 6) is 2.07. The van der Waals surface area contributed by atoms with Crippen molar-refractivity contribution in [3.8, 4) is 17.2 Å². The summed E-state index contributed by atoms with van der Waals surface area (Å²) in [4.78, 5) is 21.2. The van der Waals surface area contributed by atoms with Crippen LogP contribution in [0.4, 0.5) is 5.13 Å². The summed E-state index contributed by atoms with van der Waals surface area (Å²) in [5.41, 5.74) is 0.774. The minimum Gasteiger partial charge on any atom is -0.497 e. The standard InChI is InChI=1S/C21H22ClN3O4S/c1-27-14-3-5-15(6-4-14)29-13-18(26)24-9-11-25(12-10-24)21-23-19-17(28-2)8-7-16(22)20(19)30-21/h3-8H,9-13H2,1-2H3. The van der Waals surface area contributed by atoms with Gasteiger partial charge in [-0.15, -0.1) is 0 Å². The predicted octanol–water partition coefficient (Wildman–Crippen LogP) is 3.69. The first-order valence-corrected chi connectivity index (χ1v) is 10.7. The molecule has 9 heteroatoms. The van der Waals surface area contributed by atoms with Gasteiger partial charge in [-0.05, 0) is 36.4 Å². The number of hydrogen-bond donors (Lipinski definition) is 0. The summed E-state index contributed by atoms with van der Waals surface area (Å²) in [6.45, 7) is 2.65. The van der Waals surface area contributed by atoms with Gasteiger partial charge in [-0.1, -0.05) is 22.9 Å². The molecule has 1 saturated heterocycles. The second-order valence-corrected chi connectivity index (χ2v) is 8.14. The van der Waals surface area contributed by atoms with Crippen molar-refractivity contribution in [1.29, 1.82) is 0 Å². The Morgan fingerprint density at radius 3 is 2.40 bits per heavy atom. The Morgan fingerprint density at radius 2 is 1.73 bits per heavy atom. The molecule has 0 N–H and O–H groups in total. The average Bonchev–Trinajstić information content (AvgIpc) is 3.25. The van der Waals surface area contributed by atoms with Gasteiger partial charge in [0.25, 0.3) is 5.91 Å². The van der Waals surface area contributed by atoms with Crippen molar-refractivity contribution in [2.24, 2.45) is 0 Å². The molecule has 30 heavy (non-hydrogen) atoms. The normalized spacial score (nSPS) is 14.1. The molecule has 0 radical (unpaired) electrons. The molecule has 0 bridgehead atoms. The van der Waals surface area contributed by atoms with Crippen LogP contribution in [0.2, 0.25) is 5.02 Å². The minimum absolute atomic E-state index is 0.0142. The van der Waals surface area contributed by atoms with E-state index < -0.39 is 0 Å². The van der Waals surface area contributed by atoms with Crippen molar-refractivity contribution in [1.82, 2.24) is 9.88 Å². The fraction of sp³-hybridized carbons (Fsp3) is 0.333. The van der Waals surface area contributed by atoms with Crippen LogP contribution in [0.3, 0.4) is 0 Å². The first-order chi connectivity index (χ1) is 14.6. The lowest BCUT2D eigenvalue weighted by Crippen LogP contribution is -2.50. The Hall–Kier alpha value is -2.71. The van der Waals surface area contributed by atoms with Crippen molar-refractivity contribution >= 4 is 44.2 Å². The van der Waals surface area contributed by atoms with Crippen LogP contribution in [-0.2, 0) is 4.79 Å². The topological polar surface area (TPSA) is 64.1 Å². The number of fused-ring (bicyclic) bond motifs is 1. The molecule has 1 aliphatic rings. The third-order valence-corrected chi connectivity index (χ3v) is 6.57. The average molecular weight is 448 g/mol. The van der Waals surface area contributed by atoms with E-state index in [4.69, 9.17) is 30.8 Å². The zero-order chi connectivity index (χ0) is 21.1. The number of thiazole rings is 1. The fourth-order valence-corrected chi connectivity index (χ4v) is 4.60. The molecule has 7 nitrogen and oxygen atoms in total. The number of ether oxygens (including phenoxy) is 3. The third-order valence-electron chi connectivity index (χ3n) is 4.99. The molecule has 0 atom stereocenters. The maximum Gasteiger partial charge on any atom is 0.260 e. The van der Waals surface area contributed by atoms with Gasteiger partial charge in [0.1, 0.15) is 22.8 Å². The third kappa shape index (κ3) is 4.24. The zero-order valence-corrected chi connectivity index (χ0v) is 18.3. The quantitative estimate of drug-likeness (QED) is 0.574. The number of piperazine rings is 1. The van der Waals surface area contributed by atoms with Crippen LogP contribution in [0.25, 0.3) is 10.2 Å². The molecule has 1 aliphatic heterocycles. The van der Waals surface area contributed by atoms with Crippen LogP contribution in [0.1, 0.15) is 0 Å². The molecule has 0 unspecified atom stereocenters. The Kier molecular flexibility index (Phi) is 6.15. The van der Waals surface area contributed by atoms with E-state index in [0.29, 0.717) is 42.7 Å². The summed E-state index contributed by atoms with van der Waals surface area (Å²) in [6.07, 6.45) is 0. The van der Waals surface area contributed by atoms with Gasteiger partial charge < -0.3 is 24.0 Å². The van der Waals surface area contributed by atoms with E-state index in [1.807, 2.05) is 17.0 Å². The maximum atomic E-state index is 12.5. The summed E-state index contributed by atoms with van der Waals surface area (Å²) in [5, 5.41) is 1.55. The molecule has 4 rings (SSSR count). The molecule has 3 aromatic rings. The van der Waals surface area contributed by atoms with Crippen LogP contribution >= 0.6 is 22.9 Å². The number of anilines is 1. The second kappa shape index (κ2) is 8.97. The summed E-state index contributed by atoms with van der Waals surface area (Å²) in [6, 6.07) is 10.8. The first-order valence-electron chi connectivity index (χ1n) is 9.51. The van der Waals surface area contributed by atoms with Crippen LogP contribution < -0.4 is 19.1 Å². The molecule has 2 heterocycles. The number of hydrogen-bond acceptors (Lipinski definition) is 7. The van der Waals surface area contributed by atoms with Gasteiger partial charge >= 0.3 is 0 Å². The van der Waals surface area contributed by atoms with Gasteiger partial charge in [0.15, 0.2) is 11.7 Å². The van der Waals surface area contributed by atoms with E-state index in [-0.39, 0.29) is 12.5 Å². The lowest BCUT2D eigenvalue weighted by molar-refractivity contribution is -0.133. The van der Waals surface area contributed by atoms with Crippen molar-refractivity contribution in [3.63, 3.8) is 0 Å². The number of rotatable bonds is 6. The van der Waals surface area contributed by atoms with Gasteiger partial charge in [-0.2, -0.15) is 0 Å². The van der Waals surface area contributed by atoms with E-state index in [9.17, 15) is 4.79 Å². The largest absolute Gasteiger partial charge is 0.497 e. The van der Waals surface area contributed by atoms with Crippen molar-refractivity contribution in [3.05, 3.63) is 41.4 Å². The Bertz CT molecular complexity index is 1030. The molecule has 1 aromatic heterocycles. The summed E-state index contributed by atoms with van der Waals surface area (Å²) >= 11 is 7.87. The molecule has 2 aromatic carbocycles. The van der Waals surface area contributed by atoms with Gasteiger partial charge in [-0.25, -0.2) is 4.98 Å². The molecular formula is C21H22ClN3O4S. The van der Waals surface area contributed by atoms with E-state index >= 15 is 0 Å². The van der Waals surface area contributed by atoms with Crippen LogP contribution in [-0.4, -0.2) is 62.8 Å². The van der Waals surface area contributed by atoms with E-state index in [0.717, 1.165) is 21.1 Å². The second-order valence-electron chi connectivity index (χ2n) is 6.76. The van der Waals surface area contributed by atoms with E-state index in [1.54, 1.807) is 49.8 Å². The van der Waals surface area contributed by atoms with Gasteiger partial charge in [0.05, 0.1) is 23.9 Å². The number of aromatic nitrogens is 1. The Balaban J connectivity index is 1.34. The lowest BCUT2D eigenvalue weighted by Gasteiger charge is -2.34. The predicted molar refractivity (Wildman–Crippen MR) is 118 cm³/mol. The van der Waals surface area contributed by atoms with E-state index in [2.05, 4.69) is 4.90 Å². The van der Waals surface area contributed by atoms with Crippen LogP contribution in [0.15, 0.2) is 36.4 Å². The SMILES string of the molecule is COc1ccc(OCC(=O)N2CCN(c3nc4c(OC)ccc(Cl)c4s3)CC2)cc1. The number of carbonyl (C=O) groups is 1. The lowest BCUT2D eigenvalue weighted by atomic mass is 10.3. The zero-order valence-electron chi connectivity index (χ0n) is 16.8. The number of halogens is 1. The molecule has 0 saturated carbocycles. The van der Waals surface area contributed by atoms with Crippen LogP contribution in [0.5, 0.6) is 17.2 Å². The van der Waals surface area contributed by atoms with Gasteiger partial charge in [-0.3, -0.25) is 4.79 Å². The molecule has 0 aliphatic carbocycles. The number of nitrogens with zero attached hydrogens (tertiary/aromatic N) is 3. The molecule has 1 amide bonds. The molecule has 0 spiro atoms. The first kappa shape index (κ1) is 20.6. The monoisotopic (exact) mass is 447 g/mol. The highest BCUT2D eigenvalue weighted by Gasteiger charge is 2.24. The summed E-state index contributed by atoms with van der Waals surface area (Å²) < 4.78 is 17.0. The molecular weight excluding hydrogens is 426 g/mol. The number of amides is 1. The minimum atomic E-state index is -0.0283. The van der Waals surface area contributed by atoms with Gasteiger partial charge in [0.2, 0.25) is 0 Å². The van der Waals surface area contributed by atoms with Crippen molar-refractivity contribution in [2.45, 2.75) is 0 Å². The molecule has 158 valence electrons. The summed E-state index contributed by atoms with van der Waals surface area (Å²) in [7, 11) is 3.23. The maximum absolute atomic E-state index is 12.5.